The summed E-state index contributed by atoms with van der Waals surface area (Å²) in [7, 11) is 1.69. The van der Waals surface area contributed by atoms with Crippen LogP contribution in [-0.4, -0.2) is 35.8 Å². The minimum atomic E-state index is -0.194. The molecule has 0 fully saturated rings. The summed E-state index contributed by atoms with van der Waals surface area (Å²) in [6, 6.07) is 11.5. The molecule has 1 aromatic carbocycles. The number of hydrogen-bond donors (Lipinski definition) is 2. The smallest absolute Gasteiger partial charge is 0.319 e. The molecule has 6 nitrogen and oxygen atoms in total. The van der Waals surface area contributed by atoms with Gasteiger partial charge in [0.2, 0.25) is 0 Å². The van der Waals surface area contributed by atoms with Crippen molar-refractivity contribution < 1.29 is 9.53 Å². The van der Waals surface area contributed by atoms with E-state index in [1.807, 2.05) is 37.3 Å². The molecule has 0 spiro atoms. The fraction of sp³-hybridized carbons (Fsp3) is 0.300. The third kappa shape index (κ3) is 4.21. The van der Waals surface area contributed by atoms with Crippen LogP contribution in [0.4, 0.5) is 10.5 Å². The molecule has 0 atom stereocenters. The van der Waals surface area contributed by atoms with Crippen molar-refractivity contribution in [1.82, 2.24) is 14.9 Å². The quantitative estimate of drug-likeness (QED) is 0.685. The molecule has 2 heterocycles. The van der Waals surface area contributed by atoms with Crippen molar-refractivity contribution in [2.45, 2.75) is 19.9 Å². The van der Waals surface area contributed by atoms with Crippen LogP contribution < -0.4 is 10.6 Å². The summed E-state index contributed by atoms with van der Waals surface area (Å²) in [5, 5.41) is 6.92. The molecule has 0 aliphatic carbocycles. The van der Waals surface area contributed by atoms with Crippen molar-refractivity contribution in [3.05, 3.63) is 59.9 Å². The highest BCUT2D eigenvalue weighted by Gasteiger charge is 2.10. The number of ether oxygens (including phenoxy) is 1. The minimum Gasteiger partial charge on any atom is -0.383 e. The Morgan fingerprint density at radius 3 is 2.88 bits per heavy atom. The van der Waals surface area contributed by atoms with Gasteiger partial charge < -0.3 is 19.9 Å². The summed E-state index contributed by atoms with van der Waals surface area (Å²) in [5.74, 6) is 0. The van der Waals surface area contributed by atoms with Crippen molar-refractivity contribution in [2.75, 3.05) is 25.6 Å². The Hall–Kier alpha value is -2.86. The van der Waals surface area contributed by atoms with Crippen LogP contribution in [0.1, 0.15) is 11.1 Å². The second kappa shape index (κ2) is 8.49. The summed E-state index contributed by atoms with van der Waals surface area (Å²) in [4.78, 5) is 16.6. The van der Waals surface area contributed by atoms with E-state index in [4.69, 9.17) is 4.74 Å². The molecular weight excluding hydrogens is 328 g/mol. The highest BCUT2D eigenvalue weighted by atomic mass is 16.5. The molecule has 0 saturated heterocycles. The number of rotatable bonds is 7. The van der Waals surface area contributed by atoms with E-state index in [0.29, 0.717) is 13.2 Å². The predicted octanol–water partition coefficient (Wildman–Crippen LogP) is 3.36. The molecule has 0 aliphatic heterocycles. The Balaban J connectivity index is 1.61. The van der Waals surface area contributed by atoms with Crippen LogP contribution in [0, 0.1) is 6.92 Å². The summed E-state index contributed by atoms with van der Waals surface area (Å²) in [6.45, 7) is 3.91. The number of anilines is 1. The summed E-state index contributed by atoms with van der Waals surface area (Å²) in [5.41, 5.74) is 3.98. The van der Waals surface area contributed by atoms with Gasteiger partial charge in [-0.05, 0) is 42.7 Å². The molecule has 2 N–H and O–H groups in total. The van der Waals surface area contributed by atoms with Crippen LogP contribution in [0.15, 0.2) is 48.8 Å². The molecule has 6 heteroatoms. The van der Waals surface area contributed by atoms with E-state index in [0.717, 1.165) is 35.2 Å². The molecule has 3 rings (SSSR count). The maximum Gasteiger partial charge on any atom is 0.319 e. The van der Waals surface area contributed by atoms with Gasteiger partial charge in [-0.15, -0.1) is 0 Å². The van der Waals surface area contributed by atoms with Crippen molar-refractivity contribution in [2.24, 2.45) is 0 Å². The average Bonchev–Trinajstić information content (AvgIpc) is 3.00. The Morgan fingerprint density at radius 2 is 2.08 bits per heavy atom. The summed E-state index contributed by atoms with van der Waals surface area (Å²) in [6.07, 6.45) is 4.63. The molecular formula is C20H24N4O2. The Kier molecular flexibility index (Phi) is 5.86. The van der Waals surface area contributed by atoms with Gasteiger partial charge in [0, 0.05) is 43.7 Å². The van der Waals surface area contributed by atoms with Crippen LogP contribution in [-0.2, 0) is 17.7 Å². The van der Waals surface area contributed by atoms with E-state index >= 15 is 0 Å². The summed E-state index contributed by atoms with van der Waals surface area (Å²) < 4.78 is 7.27. The van der Waals surface area contributed by atoms with Crippen LogP contribution in [0.25, 0.3) is 11.0 Å². The molecule has 26 heavy (non-hydrogen) atoms. The number of aromatic nitrogens is 2. The lowest BCUT2D eigenvalue weighted by atomic mass is 10.1. The maximum atomic E-state index is 12.1. The second-order valence-corrected chi connectivity index (χ2v) is 6.16. The number of urea groups is 1. The second-order valence-electron chi connectivity index (χ2n) is 6.16. The Bertz CT molecular complexity index is 888. The lowest BCUT2D eigenvalue weighted by Crippen LogP contribution is -2.30. The Morgan fingerprint density at radius 1 is 1.23 bits per heavy atom. The van der Waals surface area contributed by atoms with Crippen molar-refractivity contribution in [1.29, 1.82) is 0 Å². The number of para-hydroxylation sites is 1. The number of nitrogens with zero attached hydrogens (tertiary/aromatic N) is 2. The van der Waals surface area contributed by atoms with Gasteiger partial charge in [-0.3, -0.25) is 0 Å². The first-order valence-corrected chi connectivity index (χ1v) is 8.71. The molecule has 0 saturated carbocycles. The standard InChI is InChI=1S/C20H24N4O2/c1-15-6-3-4-8-18(15)23-20(25)22-11-9-16-14-24(12-13-26-2)19-17(16)7-5-10-21-19/h3-8,10,14H,9,11-13H2,1-2H3,(H2,22,23,25). The molecule has 2 amide bonds. The monoisotopic (exact) mass is 352 g/mol. The average molecular weight is 352 g/mol. The van der Waals surface area contributed by atoms with Gasteiger partial charge in [0.15, 0.2) is 0 Å². The highest BCUT2D eigenvalue weighted by molar-refractivity contribution is 5.90. The van der Waals surface area contributed by atoms with E-state index in [1.165, 1.54) is 5.56 Å². The number of aryl methyl sites for hydroxylation is 1. The molecule has 3 aromatic rings. The van der Waals surface area contributed by atoms with Gasteiger partial charge >= 0.3 is 6.03 Å². The van der Waals surface area contributed by atoms with Gasteiger partial charge in [-0.2, -0.15) is 0 Å². The van der Waals surface area contributed by atoms with E-state index in [9.17, 15) is 4.79 Å². The number of nitrogens with one attached hydrogen (secondary N) is 2. The zero-order valence-corrected chi connectivity index (χ0v) is 15.2. The van der Waals surface area contributed by atoms with E-state index in [1.54, 1.807) is 13.3 Å². The van der Waals surface area contributed by atoms with Crippen LogP contribution in [0.5, 0.6) is 0 Å². The number of carbonyl (C=O) groups is 1. The van der Waals surface area contributed by atoms with Crippen molar-refractivity contribution in [3.8, 4) is 0 Å². The van der Waals surface area contributed by atoms with Crippen molar-refractivity contribution in [3.63, 3.8) is 0 Å². The molecule has 136 valence electrons. The normalized spacial score (nSPS) is 10.8. The van der Waals surface area contributed by atoms with Crippen LogP contribution in [0.2, 0.25) is 0 Å². The summed E-state index contributed by atoms with van der Waals surface area (Å²) >= 11 is 0. The lowest BCUT2D eigenvalue weighted by Gasteiger charge is -2.09. The number of pyridine rings is 1. The fourth-order valence-corrected chi connectivity index (χ4v) is 2.94. The Labute approximate surface area is 153 Å². The first-order chi connectivity index (χ1) is 12.7. The lowest BCUT2D eigenvalue weighted by molar-refractivity contribution is 0.188. The molecule has 0 aliphatic rings. The van der Waals surface area contributed by atoms with Gasteiger partial charge in [-0.1, -0.05) is 18.2 Å². The SMILES string of the molecule is COCCn1cc(CCNC(=O)Nc2ccccc2C)c2cccnc21. The van der Waals surface area contributed by atoms with Crippen LogP contribution in [0.3, 0.4) is 0 Å². The van der Waals surface area contributed by atoms with Gasteiger partial charge in [0.1, 0.15) is 5.65 Å². The predicted molar refractivity (Wildman–Crippen MR) is 104 cm³/mol. The number of amides is 2. The fourth-order valence-electron chi connectivity index (χ4n) is 2.94. The number of hydrogen-bond acceptors (Lipinski definition) is 3. The highest BCUT2D eigenvalue weighted by Crippen LogP contribution is 2.19. The largest absolute Gasteiger partial charge is 0.383 e. The molecule has 0 bridgehead atoms. The van der Waals surface area contributed by atoms with E-state index < -0.39 is 0 Å². The van der Waals surface area contributed by atoms with Gasteiger partial charge in [0.25, 0.3) is 0 Å². The van der Waals surface area contributed by atoms with E-state index in [-0.39, 0.29) is 6.03 Å². The molecule has 0 unspecified atom stereocenters. The third-order valence-corrected chi connectivity index (χ3v) is 4.33. The number of methoxy groups -OCH3 is 1. The van der Waals surface area contributed by atoms with Crippen molar-refractivity contribution >= 4 is 22.8 Å². The van der Waals surface area contributed by atoms with Gasteiger partial charge in [0.05, 0.1) is 6.61 Å². The van der Waals surface area contributed by atoms with Gasteiger partial charge in [-0.25, -0.2) is 9.78 Å². The first-order valence-electron chi connectivity index (χ1n) is 8.71. The maximum absolute atomic E-state index is 12.1. The van der Waals surface area contributed by atoms with E-state index in [2.05, 4.69) is 32.4 Å². The third-order valence-electron chi connectivity index (χ3n) is 4.33. The zero-order valence-electron chi connectivity index (χ0n) is 15.2. The minimum absolute atomic E-state index is 0.194. The van der Waals surface area contributed by atoms with Crippen LogP contribution >= 0.6 is 0 Å². The molecule has 2 aromatic heterocycles. The first kappa shape index (κ1) is 17.9. The zero-order chi connectivity index (χ0) is 18.4. The topological polar surface area (TPSA) is 68.2 Å². The molecule has 0 radical (unpaired) electrons. The number of fused-ring (bicyclic) bond motifs is 1. The number of carbonyl (C=O) groups excluding carboxylic acids is 1. The number of benzene rings is 1.